The van der Waals surface area contributed by atoms with E-state index < -0.39 is 10.2 Å². The maximum atomic E-state index is 12.8. The Hall–Kier alpha value is -1.74. The number of aliphatic hydroxyl groups is 1. The highest BCUT2D eigenvalue weighted by atomic mass is 32.2. The van der Waals surface area contributed by atoms with Crippen LogP contribution in [0.4, 0.5) is 0 Å². The third-order valence-corrected chi connectivity index (χ3v) is 6.14. The summed E-state index contributed by atoms with van der Waals surface area (Å²) >= 11 is 0. The van der Waals surface area contributed by atoms with Gasteiger partial charge in [0.1, 0.15) is 0 Å². The Morgan fingerprint density at radius 1 is 1.36 bits per heavy atom. The zero-order chi connectivity index (χ0) is 18.0. The second-order valence-corrected chi connectivity index (χ2v) is 8.48. The fourth-order valence-electron chi connectivity index (χ4n) is 3.12. The number of aromatic nitrogens is 2. The van der Waals surface area contributed by atoms with Gasteiger partial charge in [0.2, 0.25) is 0 Å². The molecular weight excluding hydrogens is 340 g/mol. The van der Waals surface area contributed by atoms with Crippen LogP contribution in [0.1, 0.15) is 30.0 Å². The fourth-order valence-corrected chi connectivity index (χ4v) is 4.26. The highest BCUT2D eigenvalue weighted by Gasteiger charge is 2.38. The molecule has 1 atom stereocenters. The van der Waals surface area contributed by atoms with Gasteiger partial charge < -0.3 is 5.11 Å². The van der Waals surface area contributed by atoms with Gasteiger partial charge in [0.15, 0.2) is 0 Å². The van der Waals surface area contributed by atoms with Gasteiger partial charge in [-0.25, -0.2) is 0 Å². The van der Waals surface area contributed by atoms with Crippen LogP contribution in [0.25, 0.3) is 0 Å². The van der Waals surface area contributed by atoms with Crippen LogP contribution in [0.2, 0.25) is 0 Å². The Balaban J connectivity index is 1.75. The molecule has 0 spiro atoms. The van der Waals surface area contributed by atoms with Crippen molar-refractivity contribution in [3.63, 3.8) is 0 Å². The monoisotopic (exact) mass is 364 g/mol. The van der Waals surface area contributed by atoms with Crippen molar-refractivity contribution in [2.24, 2.45) is 13.0 Å². The molecule has 1 aromatic heterocycles. The lowest BCUT2D eigenvalue weighted by Crippen LogP contribution is -2.45. The first kappa shape index (κ1) is 18.1. The molecule has 0 saturated heterocycles. The number of nitrogens with one attached hydrogen (secondary N) is 1. The molecule has 0 amide bonds. The van der Waals surface area contributed by atoms with Gasteiger partial charge in [0.05, 0.1) is 18.3 Å². The molecule has 0 aliphatic heterocycles. The van der Waals surface area contributed by atoms with Crippen molar-refractivity contribution < 1.29 is 13.5 Å². The molecule has 0 bridgehead atoms. The lowest BCUT2D eigenvalue weighted by Gasteiger charge is -2.38. The number of hydrogen-bond donors (Lipinski definition) is 2. The summed E-state index contributed by atoms with van der Waals surface area (Å²) in [6.45, 7) is 0.295. The minimum absolute atomic E-state index is 0.0686. The van der Waals surface area contributed by atoms with Crippen LogP contribution < -0.4 is 4.72 Å². The first-order valence-corrected chi connectivity index (χ1v) is 9.73. The van der Waals surface area contributed by atoms with Gasteiger partial charge in [-0.2, -0.15) is 22.5 Å². The minimum Gasteiger partial charge on any atom is -0.393 e. The van der Waals surface area contributed by atoms with Gasteiger partial charge in [-0.15, -0.1) is 0 Å². The Kier molecular flexibility index (Phi) is 5.24. The van der Waals surface area contributed by atoms with Crippen LogP contribution in [0, 0.1) is 5.92 Å². The van der Waals surface area contributed by atoms with E-state index in [1.807, 2.05) is 36.5 Å². The Morgan fingerprint density at radius 3 is 2.60 bits per heavy atom. The summed E-state index contributed by atoms with van der Waals surface area (Å²) in [7, 11) is -0.312. The van der Waals surface area contributed by atoms with Gasteiger partial charge in [0.25, 0.3) is 10.2 Å². The van der Waals surface area contributed by atoms with Crippen LogP contribution in [0.3, 0.4) is 0 Å². The molecule has 2 N–H and O–H groups in total. The maximum absolute atomic E-state index is 12.8. The molecule has 25 heavy (non-hydrogen) atoms. The molecule has 3 rings (SSSR count). The van der Waals surface area contributed by atoms with Gasteiger partial charge in [-0.1, -0.05) is 30.3 Å². The van der Waals surface area contributed by atoms with Crippen LogP contribution in [0.15, 0.2) is 42.7 Å². The zero-order valence-electron chi connectivity index (χ0n) is 14.4. The smallest absolute Gasteiger partial charge is 0.280 e. The van der Waals surface area contributed by atoms with Crippen molar-refractivity contribution in [3.8, 4) is 0 Å². The summed E-state index contributed by atoms with van der Waals surface area (Å²) < 4.78 is 31.3. The topological polar surface area (TPSA) is 87.5 Å². The number of aliphatic hydroxyl groups excluding tert-OH is 1. The van der Waals surface area contributed by atoms with Crippen LogP contribution >= 0.6 is 0 Å². The Labute approximate surface area is 148 Å². The van der Waals surface area contributed by atoms with Gasteiger partial charge in [-0.3, -0.25) is 4.68 Å². The molecule has 1 heterocycles. The average Bonchev–Trinajstić information content (AvgIpc) is 2.97. The van der Waals surface area contributed by atoms with Crippen molar-refractivity contribution >= 4 is 10.2 Å². The molecule has 136 valence electrons. The highest BCUT2D eigenvalue weighted by molar-refractivity contribution is 7.87. The molecule has 1 aliphatic rings. The molecule has 2 aromatic rings. The molecule has 7 nitrogen and oxygen atoms in total. The van der Waals surface area contributed by atoms with Crippen molar-refractivity contribution in [1.29, 1.82) is 0 Å². The first-order valence-electron chi connectivity index (χ1n) is 8.29. The summed E-state index contributed by atoms with van der Waals surface area (Å²) in [6.07, 6.45) is 4.31. The lowest BCUT2D eigenvalue weighted by molar-refractivity contribution is 0.0277. The second-order valence-electron chi connectivity index (χ2n) is 6.67. The summed E-state index contributed by atoms with van der Waals surface area (Å²) in [5.41, 5.74) is 1.74. The maximum Gasteiger partial charge on any atom is 0.280 e. The van der Waals surface area contributed by atoms with Crippen molar-refractivity contribution in [2.75, 3.05) is 7.05 Å². The standard InChI is InChI=1S/C17H24N4O3S/c1-20-12-15(10-18-20)17(14-8-16(22)9-14)19-25(23,24)21(2)11-13-6-4-3-5-7-13/h3-7,10,12,14,16-17,19,22H,8-9,11H2,1-2H3/t14?,16?,17-/m0/s1. The van der Waals surface area contributed by atoms with E-state index in [9.17, 15) is 13.5 Å². The molecule has 1 aromatic carbocycles. The third-order valence-electron chi connectivity index (χ3n) is 4.64. The number of nitrogens with zero attached hydrogens (tertiary/aromatic N) is 3. The predicted octanol–water partition coefficient (Wildman–Crippen LogP) is 1.20. The van der Waals surface area contributed by atoms with E-state index in [2.05, 4.69) is 9.82 Å². The Morgan fingerprint density at radius 2 is 2.04 bits per heavy atom. The molecule has 0 unspecified atom stereocenters. The molecule has 1 saturated carbocycles. The lowest BCUT2D eigenvalue weighted by atomic mass is 9.76. The summed E-state index contributed by atoms with van der Waals surface area (Å²) in [5.74, 6) is 0.0686. The predicted molar refractivity (Wildman–Crippen MR) is 94.6 cm³/mol. The fraction of sp³-hybridized carbons (Fsp3) is 0.471. The summed E-state index contributed by atoms with van der Waals surface area (Å²) in [5, 5.41) is 13.8. The van der Waals surface area contributed by atoms with Gasteiger partial charge in [0, 0.05) is 32.4 Å². The molecule has 1 fully saturated rings. The van der Waals surface area contributed by atoms with Crippen LogP contribution in [-0.4, -0.2) is 40.8 Å². The van der Waals surface area contributed by atoms with Crippen LogP contribution in [-0.2, 0) is 23.8 Å². The van der Waals surface area contributed by atoms with Crippen LogP contribution in [0.5, 0.6) is 0 Å². The van der Waals surface area contributed by atoms with E-state index in [1.54, 1.807) is 25.0 Å². The molecular formula is C17H24N4O3S. The van der Waals surface area contributed by atoms with E-state index >= 15 is 0 Å². The Bertz CT molecular complexity index is 800. The van der Waals surface area contributed by atoms with E-state index in [1.165, 1.54) is 4.31 Å². The van der Waals surface area contributed by atoms with Crippen molar-refractivity contribution in [3.05, 3.63) is 53.9 Å². The second kappa shape index (κ2) is 7.25. The highest BCUT2D eigenvalue weighted by Crippen LogP contribution is 2.38. The van der Waals surface area contributed by atoms with E-state index in [4.69, 9.17) is 0 Å². The first-order chi connectivity index (χ1) is 11.8. The molecule has 1 aliphatic carbocycles. The van der Waals surface area contributed by atoms with Gasteiger partial charge >= 0.3 is 0 Å². The van der Waals surface area contributed by atoms with Crippen molar-refractivity contribution in [1.82, 2.24) is 18.8 Å². The van der Waals surface area contributed by atoms with Gasteiger partial charge in [-0.05, 0) is 24.3 Å². The SMILES string of the molecule is CN(Cc1ccccc1)S(=O)(=O)N[C@H](c1cnn(C)c1)C1CC(O)C1. The zero-order valence-corrected chi connectivity index (χ0v) is 15.2. The largest absolute Gasteiger partial charge is 0.393 e. The normalized spacial score (nSPS) is 21.9. The van der Waals surface area contributed by atoms with E-state index in [0.717, 1.165) is 11.1 Å². The third kappa shape index (κ3) is 4.27. The van der Waals surface area contributed by atoms with E-state index in [0.29, 0.717) is 19.4 Å². The minimum atomic E-state index is -3.67. The van der Waals surface area contributed by atoms with E-state index in [-0.39, 0.29) is 18.1 Å². The average molecular weight is 364 g/mol. The van der Waals surface area contributed by atoms with Crippen molar-refractivity contribution in [2.45, 2.75) is 31.5 Å². The summed E-state index contributed by atoms with van der Waals surface area (Å²) in [6, 6.07) is 9.07. The number of rotatable bonds is 7. The number of aryl methyl sites for hydroxylation is 1. The number of hydrogen-bond acceptors (Lipinski definition) is 4. The molecule has 8 heteroatoms. The quantitative estimate of drug-likeness (QED) is 0.773. The summed E-state index contributed by atoms with van der Waals surface area (Å²) in [4.78, 5) is 0. The number of benzene rings is 1. The molecule has 0 radical (unpaired) electrons.